The third kappa shape index (κ3) is 4.73. The molecule has 3 atom stereocenters. The number of anilines is 1. The van der Waals surface area contributed by atoms with Crippen LogP contribution in [0, 0.1) is 5.82 Å². The molecule has 1 aromatic heterocycles. The van der Waals surface area contributed by atoms with E-state index < -0.39 is 11.6 Å². The highest BCUT2D eigenvalue weighted by atomic mass is 19.1. The number of halogens is 2. The molecular formula is C37H33F2N7O2. The minimum Gasteiger partial charge on any atom is -0.490 e. The summed E-state index contributed by atoms with van der Waals surface area (Å²) in [4.78, 5) is 23.7. The second-order valence-corrected chi connectivity index (χ2v) is 12.7. The second kappa shape index (κ2) is 11.3. The number of ether oxygens (including phenoxy) is 1. The molecule has 9 nitrogen and oxygen atoms in total. The normalized spacial score (nSPS) is 22.8. The first-order valence-electron chi connectivity index (χ1n) is 16.0. The second-order valence-electron chi connectivity index (χ2n) is 12.7. The highest BCUT2D eigenvalue weighted by Crippen LogP contribution is 2.45. The van der Waals surface area contributed by atoms with Crippen molar-refractivity contribution in [3.05, 3.63) is 136 Å². The van der Waals surface area contributed by atoms with E-state index in [1.807, 2.05) is 50.1 Å². The molecule has 8 rings (SSSR count). The number of aliphatic imine (C=N–C) groups is 1. The molecule has 0 spiro atoms. The Morgan fingerprint density at radius 3 is 2.73 bits per heavy atom. The highest BCUT2D eigenvalue weighted by molar-refractivity contribution is 6.06. The van der Waals surface area contributed by atoms with E-state index in [2.05, 4.69) is 27.5 Å². The van der Waals surface area contributed by atoms with Gasteiger partial charge in [-0.3, -0.25) is 9.69 Å². The number of fused-ring (bicyclic) bond motifs is 4. The predicted octanol–water partition coefficient (Wildman–Crippen LogP) is 5.95. The van der Waals surface area contributed by atoms with Gasteiger partial charge in [0.1, 0.15) is 29.8 Å². The summed E-state index contributed by atoms with van der Waals surface area (Å²) in [5, 5.41) is 8.78. The van der Waals surface area contributed by atoms with Gasteiger partial charge in [-0.25, -0.2) is 18.5 Å². The van der Waals surface area contributed by atoms with Crippen LogP contribution in [0.25, 0.3) is 5.57 Å². The van der Waals surface area contributed by atoms with Gasteiger partial charge in [-0.1, -0.05) is 42.1 Å². The topological polar surface area (TPSA) is 79.1 Å². The van der Waals surface area contributed by atoms with Gasteiger partial charge in [0.25, 0.3) is 0 Å². The fourth-order valence-corrected chi connectivity index (χ4v) is 7.27. The fraction of sp³-hybridized carbons (Fsp3) is 0.270. The minimum absolute atomic E-state index is 0.00413. The summed E-state index contributed by atoms with van der Waals surface area (Å²) in [6.45, 7) is 10.7. The molecule has 1 fully saturated rings. The Kier molecular flexibility index (Phi) is 7.03. The van der Waals surface area contributed by atoms with Gasteiger partial charge in [0.15, 0.2) is 5.82 Å². The number of rotatable bonds is 1. The largest absolute Gasteiger partial charge is 0.490 e. The Hall–Kier alpha value is -5.54. The van der Waals surface area contributed by atoms with Crippen molar-refractivity contribution in [3.8, 4) is 0 Å². The van der Waals surface area contributed by atoms with E-state index >= 15 is 8.78 Å². The van der Waals surface area contributed by atoms with Crippen LogP contribution in [0.1, 0.15) is 54.8 Å². The molecule has 4 aliphatic heterocycles. The van der Waals surface area contributed by atoms with Crippen molar-refractivity contribution in [2.75, 3.05) is 18.0 Å². The number of allylic oxidation sites excluding steroid dienone is 2. The number of benzene rings is 2. The Balaban J connectivity index is 1.39. The summed E-state index contributed by atoms with van der Waals surface area (Å²) >= 11 is 0. The van der Waals surface area contributed by atoms with Crippen molar-refractivity contribution in [1.29, 1.82) is 0 Å². The minimum atomic E-state index is -0.647. The van der Waals surface area contributed by atoms with Crippen LogP contribution in [0.2, 0.25) is 0 Å². The van der Waals surface area contributed by atoms with Crippen LogP contribution < -0.4 is 4.90 Å². The summed E-state index contributed by atoms with van der Waals surface area (Å²) < 4.78 is 40.5. The standard InChI is InChI=1S/C37H33F2N7O2/c1-5-34(47)44-16-22(3)45(17-21(44)2)37-29-15-31(39)28-12-13-32(29)46-33(40-37)20-48-23(4)27-10-6-8-24(36(27)46)14-26-19-43(42-41-26)18-25-9-7-11-30(38)35(25)28/h5-11,13,15,19-23H,1,14,16-18H2,2-4H3/t21-,22+,23?/m1/s1. The van der Waals surface area contributed by atoms with Gasteiger partial charge in [0.05, 0.1) is 29.2 Å². The Morgan fingerprint density at radius 1 is 1.08 bits per heavy atom. The lowest BCUT2D eigenvalue weighted by Gasteiger charge is -2.46. The van der Waals surface area contributed by atoms with E-state index in [-0.39, 0.29) is 41.8 Å². The van der Waals surface area contributed by atoms with Gasteiger partial charge in [-0.05, 0) is 50.1 Å². The van der Waals surface area contributed by atoms with Crippen molar-refractivity contribution >= 4 is 23.0 Å². The summed E-state index contributed by atoms with van der Waals surface area (Å²) in [6, 6.07) is 10.4. The molecule has 2 aromatic carbocycles. The number of nitrogens with zero attached hydrogens (tertiary/aromatic N) is 7. The number of hydrogen-bond donors (Lipinski definition) is 0. The van der Waals surface area contributed by atoms with Crippen molar-refractivity contribution in [1.82, 2.24) is 24.8 Å². The lowest BCUT2D eigenvalue weighted by molar-refractivity contribution is -0.130. The molecule has 0 radical (unpaired) electrons. The third-order valence-electron chi connectivity index (χ3n) is 9.62. The average molecular weight is 646 g/mol. The van der Waals surface area contributed by atoms with Crippen LogP contribution in [0.5, 0.6) is 0 Å². The number of para-hydroxylation sites is 1. The zero-order valence-corrected chi connectivity index (χ0v) is 26.8. The highest BCUT2D eigenvalue weighted by Gasteiger charge is 2.40. The monoisotopic (exact) mass is 645 g/mol. The van der Waals surface area contributed by atoms with Crippen LogP contribution in [0.4, 0.5) is 14.5 Å². The van der Waals surface area contributed by atoms with E-state index in [1.165, 1.54) is 18.2 Å². The van der Waals surface area contributed by atoms with E-state index in [0.717, 1.165) is 22.5 Å². The number of piperazine rings is 1. The molecule has 11 heteroatoms. The Labute approximate surface area is 276 Å². The number of carbonyl (C=O) groups excluding carboxylic acids is 1. The fourth-order valence-electron chi connectivity index (χ4n) is 7.27. The quantitative estimate of drug-likeness (QED) is 0.241. The van der Waals surface area contributed by atoms with E-state index in [1.54, 1.807) is 34.1 Å². The molecule has 0 N–H and O–H groups in total. The zero-order chi connectivity index (χ0) is 33.3. The van der Waals surface area contributed by atoms with Crippen LogP contribution in [-0.2, 0) is 22.5 Å². The number of amidine groups is 1. The zero-order valence-electron chi connectivity index (χ0n) is 26.8. The molecule has 0 saturated carbocycles. The molecule has 1 amide bonds. The van der Waals surface area contributed by atoms with Crippen molar-refractivity contribution in [2.45, 2.75) is 51.9 Å². The summed E-state index contributed by atoms with van der Waals surface area (Å²) in [7, 11) is 0. The molecule has 4 bridgehead atoms. The smallest absolute Gasteiger partial charge is 0.246 e. The van der Waals surface area contributed by atoms with Crippen molar-refractivity contribution in [2.24, 2.45) is 4.99 Å². The van der Waals surface area contributed by atoms with Gasteiger partial charge in [0, 0.05) is 60.6 Å². The molecule has 1 saturated heterocycles. The number of aromatic nitrogens is 3. The summed E-state index contributed by atoms with van der Waals surface area (Å²) in [5.41, 5.74) is 8.41. The Bertz CT molecular complexity index is 2100. The lowest BCUT2D eigenvalue weighted by Crippen LogP contribution is -2.60. The molecule has 5 heterocycles. The van der Waals surface area contributed by atoms with Crippen molar-refractivity contribution in [3.63, 3.8) is 0 Å². The SMILES string of the molecule is C=CC(=O)N1C[C@H](C)N(C2=NC3=COC(C)c4cccc5c4N3C3=C2C=C(F)C(=C=C3)c2c(F)cccc2Cn2cc(nn2)C5)C[C@H]1C. The maximum atomic E-state index is 16.8. The third-order valence-corrected chi connectivity index (χ3v) is 9.62. The van der Waals surface area contributed by atoms with Gasteiger partial charge < -0.3 is 14.5 Å². The average Bonchev–Trinajstić information content (AvgIpc) is 3.36. The molecule has 3 aromatic rings. The molecular weight excluding hydrogens is 612 g/mol. The predicted molar refractivity (Wildman–Crippen MR) is 178 cm³/mol. The molecule has 48 heavy (non-hydrogen) atoms. The number of amides is 1. The summed E-state index contributed by atoms with van der Waals surface area (Å²) in [6.07, 6.45) is 8.11. The van der Waals surface area contributed by atoms with Gasteiger partial charge in [-0.2, -0.15) is 0 Å². The molecule has 1 aliphatic carbocycles. The van der Waals surface area contributed by atoms with Crippen molar-refractivity contribution < 1.29 is 18.3 Å². The molecule has 1 unspecified atom stereocenters. The number of carbonyl (C=O) groups is 1. The molecule has 242 valence electrons. The van der Waals surface area contributed by atoms with Crippen LogP contribution >= 0.6 is 0 Å². The van der Waals surface area contributed by atoms with Gasteiger partial charge in [-0.15, -0.1) is 10.8 Å². The van der Waals surface area contributed by atoms with E-state index in [4.69, 9.17) is 9.73 Å². The first-order chi connectivity index (χ1) is 23.2. The lowest BCUT2D eigenvalue weighted by atomic mass is 9.96. The number of hydrogen-bond acceptors (Lipinski definition) is 7. The maximum absolute atomic E-state index is 16.8. The van der Waals surface area contributed by atoms with Crippen LogP contribution in [-0.4, -0.2) is 61.7 Å². The van der Waals surface area contributed by atoms with Crippen LogP contribution in [0.15, 0.2) is 107 Å². The van der Waals surface area contributed by atoms with E-state index in [9.17, 15) is 4.79 Å². The van der Waals surface area contributed by atoms with Gasteiger partial charge >= 0.3 is 0 Å². The first-order valence-corrected chi connectivity index (χ1v) is 16.0. The first kappa shape index (κ1) is 29.8. The molecule has 5 aliphatic rings. The van der Waals surface area contributed by atoms with Crippen LogP contribution in [0.3, 0.4) is 0 Å². The van der Waals surface area contributed by atoms with E-state index in [0.29, 0.717) is 48.0 Å². The van der Waals surface area contributed by atoms with Gasteiger partial charge in [0.2, 0.25) is 5.91 Å². The Morgan fingerprint density at radius 2 is 1.90 bits per heavy atom. The summed E-state index contributed by atoms with van der Waals surface area (Å²) in [5.74, 6) is -0.318. The maximum Gasteiger partial charge on any atom is 0.246 e.